The van der Waals surface area contributed by atoms with E-state index in [4.69, 9.17) is 11.6 Å². The lowest BCUT2D eigenvalue weighted by Gasteiger charge is -2.22. The summed E-state index contributed by atoms with van der Waals surface area (Å²) >= 11 is 7.85. The molecule has 170 valence electrons. The Morgan fingerprint density at radius 2 is 1.97 bits per heavy atom. The van der Waals surface area contributed by atoms with Crippen LogP contribution in [0.25, 0.3) is 10.2 Å². The number of para-hydroxylation sites is 1. The molecule has 1 atom stereocenters. The average molecular weight is 493 g/mol. The molecule has 1 aliphatic heterocycles. The Hall–Kier alpha value is -2.04. The summed E-state index contributed by atoms with van der Waals surface area (Å²) < 4.78 is 28.2. The van der Waals surface area contributed by atoms with Gasteiger partial charge in [-0.25, -0.2) is 13.4 Å². The van der Waals surface area contributed by atoms with E-state index in [9.17, 15) is 13.2 Å². The number of hydrogen-bond donors (Lipinski definition) is 1. The van der Waals surface area contributed by atoms with Gasteiger partial charge in [-0.2, -0.15) is 4.31 Å². The Kier molecular flexibility index (Phi) is 6.83. The molecule has 0 radical (unpaired) electrons. The van der Waals surface area contributed by atoms with Crippen molar-refractivity contribution in [1.82, 2.24) is 14.2 Å². The van der Waals surface area contributed by atoms with E-state index in [-0.39, 0.29) is 29.1 Å². The van der Waals surface area contributed by atoms with Crippen LogP contribution in [0.4, 0.5) is 5.69 Å². The standard InChI is InChI=1S/C22H25ClN4O3S2/c1-15(22-25-18-7-3-4-8-20(18)31-22)26(2)14-21(28)24-19-13-16(9-10-17(19)23)32(29,30)27-11-5-6-12-27/h3-4,7-10,13,15H,5-6,11-12,14H2,1-2H3,(H,24,28). The molecule has 0 saturated carbocycles. The molecule has 1 amide bonds. The maximum absolute atomic E-state index is 12.8. The molecule has 1 unspecified atom stereocenters. The summed E-state index contributed by atoms with van der Waals surface area (Å²) in [6.07, 6.45) is 1.71. The molecule has 0 bridgehead atoms. The molecule has 0 aliphatic carbocycles. The number of anilines is 1. The van der Waals surface area contributed by atoms with E-state index in [1.165, 1.54) is 22.5 Å². The lowest BCUT2D eigenvalue weighted by Crippen LogP contribution is -2.32. The molecule has 1 aromatic heterocycles. The molecule has 1 fully saturated rings. The SMILES string of the molecule is CC(c1nc2ccccc2s1)N(C)CC(=O)Nc1cc(S(=O)(=O)N2CCCC2)ccc1Cl. The molecule has 0 spiro atoms. The summed E-state index contributed by atoms with van der Waals surface area (Å²) in [6, 6.07) is 12.3. The van der Waals surface area contributed by atoms with Crippen molar-refractivity contribution >= 4 is 54.8 Å². The van der Waals surface area contributed by atoms with Crippen molar-refractivity contribution in [2.45, 2.75) is 30.7 Å². The van der Waals surface area contributed by atoms with Gasteiger partial charge in [0.25, 0.3) is 0 Å². The largest absolute Gasteiger partial charge is 0.324 e. The fourth-order valence-electron chi connectivity index (χ4n) is 3.65. The van der Waals surface area contributed by atoms with Gasteiger partial charge in [-0.1, -0.05) is 23.7 Å². The third kappa shape index (κ3) is 4.82. The Morgan fingerprint density at radius 1 is 1.25 bits per heavy atom. The van der Waals surface area contributed by atoms with Crippen molar-refractivity contribution < 1.29 is 13.2 Å². The van der Waals surface area contributed by atoms with Crippen LogP contribution in [0.3, 0.4) is 0 Å². The number of thiazole rings is 1. The Bertz CT molecular complexity index is 1210. The van der Waals surface area contributed by atoms with Crippen molar-refractivity contribution in [2.24, 2.45) is 0 Å². The van der Waals surface area contributed by atoms with E-state index < -0.39 is 10.0 Å². The minimum Gasteiger partial charge on any atom is -0.324 e. The van der Waals surface area contributed by atoms with Gasteiger partial charge in [0.2, 0.25) is 15.9 Å². The van der Waals surface area contributed by atoms with Gasteiger partial charge in [-0.15, -0.1) is 11.3 Å². The monoisotopic (exact) mass is 492 g/mol. The second kappa shape index (κ2) is 9.44. The van der Waals surface area contributed by atoms with Crippen LogP contribution < -0.4 is 5.32 Å². The van der Waals surface area contributed by atoms with Crippen molar-refractivity contribution in [2.75, 3.05) is 32.0 Å². The zero-order valence-corrected chi connectivity index (χ0v) is 20.3. The Balaban J connectivity index is 1.45. The molecule has 32 heavy (non-hydrogen) atoms. The molecule has 2 aromatic carbocycles. The third-order valence-corrected chi connectivity index (χ3v) is 9.07. The van der Waals surface area contributed by atoms with Gasteiger partial charge in [0, 0.05) is 13.1 Å². The minimum atomic E-state index is -3.59. The highest BCUT2D eigenvalue weighted by Gasteiger charge is 2.28. The van der Waals surface area contributed by atoms with E-state index in [1.54, 1.807) is 11.3 Å². The number of fused-ring (bicyclic) bond motifs is 1. The first-order chi connectivity index (χ1) is 15.3. The van der Waals surface area contributed by atoms with Crippen LogP contribution in [0.1, 0.15) is 30.8 Å². The molecule has 10 heteroatoms. The molecule has 7 nitrogen and oxygen atoms in total. The normalized spacial score (nSPS) is 16.0. The molecule has 1 N–H and O–H groups in total. The van der Waals surface area contributed by atoms with Crippen LogP contribution in [-0.2, 0) is 14.8 Å². The van der Waals surface area contributed by atoms with Gasteiger partial charge in [0.15, 0.2) is 0 Å². The van der Waals surface area contributed by atoms with Crippen molar-refractivity contribution in [3.63, 3.8) is 0 Å². The van der Waals surface area contributed by atoms with Gasteiger partial charge in [0.1, 0.15) is 5.01 Å². The number of likely N-dealkylation sites (N-methyl/N-ethyl adjacent to an activating group) is 1. The van der Waals surface area contributed by atoms with Gasteiger partial charge in [0.05, 0.1) is 38.4 Å². The predicted molar refractivity (Wildman–Crippen MR) is 129 cm³/mol. The molecule has 1 saturated heterocycles. The third-order valence-electron chi connectivity index (χ3n) is 5.64. The molecule has 1 aliphatic rings. The molecule has 3 aromatic rings. The number of aromatic nitrogens is 1. The van der Waals surface area contributed by atoms with Crippen LogP contribution in [0.15, 0.2) is 47.4 Å². The summed E-state index contributed by atoms with van der Waals surface area (Å²) in [4.78, 5) is 19.4. The number of benzene rings is 2. The minimum absolute atomic E-state index is 0.0597. The number of amides is 1. The number of halogens is 1. The Labute approximate surface area is 197 Å². The quantitative estimate of drug-likeness (QED) is 0.529. The number of hydrogen-bond acceptors (Lipinski definition) is 6. The summed E-state index contributed by atoms with van der Waals surface area (Å²) in [5.74, 6) is -0.280. The van der Waals surface area contributed by atoms with Crippen LogP contribution in [0.5, 0.6) is 0 Å². The second-order valence-electron chi connectivity index (χ2n) is 7.91. The lowest BCUT2D eigenvalue weighted by atomic mass is 10.3. The van der Waals surface area contributed by atoms with Gasteiger partial charge >= 0.3 is 0 Å². The number of sulfonamides is 1. The molecular weight excluding hydrogens is 468 g/mol. The first-order valence-electron chi connectivity index (χ1n) is 10.4. The van der Waals surface area contributed by atoms with E-state index >= 15 is 0 Å². The van der Waals surface area contributed by atoms with Crippen LogP contribution >= 0.6 is 22.9 Å². The lowest BCUT2D eigenvalue weighted by molar-refractivity contribution is -0.117. The first kappa shape index (κ1) is 23.1. The number of carbonyl (C=O) groups is 1. The highest BCUT2D eigenvalue weighted by Crippen LogP contribution is 2.30. The number of nitrogens with one attached hydrogen (secondary N) is 1. The van der Waals surface area contributed by atoms with Gasteiger partial charge in [-0.05, 0) is 57.1 Å². The Morgan fingerprint density at radius 3 is 2.69 bits per heavy atom. The number of carbonyl (C=O) groups excluding carboxylic acids is 1. The summed E-state index contributed by atoms with van der Waals surface area (Å²) in [5, 5.41) is 3.99. The molecule has 2 heterocycles. The topological polar surface area (TPSA) is 82.6 Å². The zero-order chi connectivity index (χ0) is 22.9. The molecular formula is C22H25ClN4O3S2. The predicted octanol–water partition coefficient (Wildman–Crippen LogP) is 4.37. The zero-order valence-electron chi connectivity index (χ0n) is 17.9. The highest BCUT2D eigenvalue weighted by molar-refractivity contribution is 7.89. The summed E-state index contributed by atoms with van der Waals surface area (Å²) in [6.45, 7) is 3.14. The first-order valence-corrected chi connectivity index (χ1v) is 13.0. The maximum Gasteiger partial charge on any atom is 0.243 e. The van der Waals surface area contributed by atoms with Gasteiger partial charge in [-0.3, -0.25) is 9.69 Å². The van der Waals surface area contributed by atoms with E-state index in [1.807, 2.05) is 43.1 Å². The van der Waals surface area contributed by atoms with Crippen LogP contribution in [0, 0.1) is 0 Å². The van der Waals surface area contributed by atoms with Crippen molar-refractivity contribution in [1.29, 1.82) is 0 Å². The van der Waals surface area contributed by atoms with Gasteiger partial charge < -0.3 is 5.32 Å². The van der Waals surface area contributed by atoms with Crippen LogP contribution in [-0.4, -0.2) is 55.2 Å². The summed E-state index contributed by atoms with van der Waals surface area (Å²) in [7, 11) is -1.74. The second-order valence-corrected chi connectivity index (χ2v) is 11.3. The van der Waals surface area contributed by atoms with E-state index in [0.717, 1.165) is 28.1 Å². The molecule has 4 rings (SSSR count). The highest BCUT2D eigenvalue weighted by atomic mass is 35.5. The number of nitrogens with zero attached hydrogens (tertiary/aromatic N) is 3. The van der Waals surface area contributed by atoms with Crippen molar-refractivity contribution in [3.8, 4) is 0 Å². The fraction of sp³-hybridized carbons (Fsp3) is 0.364. The van der Waals surface area contributed by atoms with E-state index in [2.05, 4.69) is 10.3 Å². The van der Waals surface area contributed by atoms with E-state index in [0.29, 0.717) is 18.1 Å². The maximum atomic E-state index is 12.8. The number of rotatable bonds is 7. The average Bonchev–Trinajstić information content (AvgIpc) is 3.45. The van der Waals surface area contributed by atoms with Crippen LogP contribution in [0.2, 0.25) is 5.02 Å². The summed E-state index contributed by atoms with van der Waals surface area (Å²) in [5.41, 5.74) is 1.23. The van der Waals surface area contributed by atoms with Crippen molar-refractivity contribution in [3.05, 3.63) is 52.5 Å². The smallest absolute Gasteiger partial charge is 0.243 e. The fourth-order valence-corrected chi connectivity index (χ4v) is 6.44.